The van der Waals surface area contributed by atoms with Gasteiger partial charge in [-0.3, -0.25) is 9.59 Å². The molecule has 0 saturated carbocycles. The maximum atomic E-state index is 13.2. The maximum absolute atomic E-state index is 13.2. The van der Waals surface area contributed by atoms with Gasteiger partial charge in [-0.05, 0) is 68.0 Å². The van der Waals surface area contributed by atoms with Crippen molar-refractivity contribution in [2.75, 3.05) is 25.5 Å². The van der Waals surface area contributed by atoms with Crippen molar-refractivity contribution in [3.8, 4) is 5.75 Å². The summed E-state index contributed by atoms with van der Waals surface area (Å²) in [7, 11) is 1.56. The topological polar surface area (TPSA) is 74.4 Å². The number of likely N-dealkylation sites (N-methyl/N-ethyl adjacent to an activating group) is 1. The Hall–Kier alpha value is -3.28. The first kappa shape index (κ1) is 21.0. The molecule has 0 aliphatic heterocycles. The number of hydrogen-bond acceptors (Lipinski definition) is 3. The Balaban J connectivity index is 1.52. The van der Waals surface area contributed by atoms with E-state index in [0.717, 1.165) is 23.7 Å². The summed E-state index contributed by atoms with van der Waals surface area (Å²) in [6, 6.07) is 13.0. The van der Waals surface area contributed by atoms with Crippen LogP contribution in [0.3, 0.4) is 0 Å². The third-order valence-electron chi connectivity index (χ3n) is 6.07. The summed E-state index contributed by atoms with van der Waals surface area (Å²) in [5, 5.41) is 3.97. The van der Waals surface area contributed by atoms with Crippen LogP contribution in [0.15, 0.2) is 42.5 Å². The Kier molecular flexibility index (Phi) is 5.98. The van der Waals surface area contributed by atoms with E-state index in [1.165, 1.54) is 17.7 Å². The van der Waals surface area contributed by atoms with Crippen molar-refractivity contribution in [3.63, 3.8) is 0 Å². The van der Waals surface area contributed by atoms with Crippen LogP contribution in [0.5, 0.6) is 5.75 Å². The van der Waals surface area contributed by atoms with Gasteiger partial charge in [-0.2, -0.15) is 0 Å². The van der Waals surface area contributed by atoms with Crippen molar-refractivity contribution >= 4 is 28.4 Å². The molecule has 1 atom stereocenters. The monoisotopic (exact) mass is 419 g/mol. The third-order valence-corrected chi connectivity index (χ3v) is 6.07. The van der Waals surface area contributed by atoms with Gasteiger partial charge in [0, 0.05) is 28.7 Å². The zero-order valence-corrected chi connectivity index (χ0v) is 18.3. The fourth-order valence-corrected chi connectivity index (χ4v) is 4.35. The quantitative estimate of drug-likeness (QED) is 0.622. The van der Waals surface area contributed by atoms with E-state index >= 15 is 0 Å². The second-order valence-corrected chi connectivity index (χ2v) is 8.26. The van der Waals surface area contributed by atoms with Crippen LogP contribution >= 0.6 is 0 Å². The van der Waals surface area contributed by atoms with Gasteiger partial charge in [-0.1, -0.05) is 19.1 Å². The van der Waals surface area contributed by atoms with E-state index in [9.17, 15) is 9.59 Å². The number of para-hydroxylation sites is 2. The average Bonchev–Trinajstić information content (AvgIpc) is 3.14. The maximum Gasteiger partial charge on any atom is 0.254 e. The number of ether oxygens (including phenoxy) is 1. The first-order valence-corrected chi connectivity index (χ1v) is 10.9. The molecule has 1 aliphatic rings. The molecule has 1 aromatic heterocycles. The second kappa shape index (κ2) is 8.84. The molecule has 4 rings (SSSR count). The van der Waals surface area contributed by atoms with Crippen molar-refractivity contribution in [2.45, 2.75) is 33.1 Å². The number of anilines is 1. The minimum Gasteiger partial charge on any atom is -0.495 e. The van der Waals surface area contributed by atoms with Crippen molar-refractivity contribution < 1.29 is 14.3 Å². The summed E-state index contributed by atoms with van der Waals surface area (Å²) in [5.74, 6) is 0.839. The van der Waals surface area contributed by atoms with Gasteiger partial charge in [-0.25, -0.2) is 0 Å². The fraction of sp³-hybridized carbons (Fsp3) is 0.360. The van der Waals surface area contributed by atoms with Crippen molar-refractivity contribution in [3.05, 3.63) is 59.3 Å². The molecule has 2 aromatic carbocycles. The lowest BCUT2D eigenvalue weighted by Gasteiger charge is -2.21. The highest BCUT2D eigenvalue weighted by atomic mass is 16.5. The molecule has 31 heavy (non-hydrogen) atoms. The summed E-state index contributed by atoms with van der Waals surface area (Å²) in [4.78, 5) is 30.9. The number of methoxy groups -OCH3 is 1. The SMILES string of the molecule is CCN(CC(=O)Nc1ccccc1OC)C(=O)c1ccc2[nH]c3c(c2c1)C[C@@H](C)CC3. The first-order valence-electron chi connectivity index (χ1n) is 10.9. The number of benzene rings is 2. The molecule has 0 radical (unpaired) electrons. The molecule has 0 unspecified atom stereocenters. The molecule has 1 heterocycles. The number of aromatic amines is 1. The van der Waals surface area contributed by atoms with Crippen LogP contribution in [0.1, 0.15) is 41.9 Å². The standard InChI is InChI=1S/C25H29N3O3/c1-4-28(15-24(29)27-22-7-5-6-8-23(22)31-3)25(30)17-10-12-21-19(14-17)18-13-16(2)9-11-20(18)26-21/h5-8,10,12,14,16,26H,4,9,11,13,15H2,1-3H3,(H,27,29)/t16-/m0/s1. The van der Waals surface area contributed by atoms with Crippen molar-refractivity contribution in [2.24, 2.45) is 5.92 Å². The van der Waals surface area contributed by atoms with Crippen LogP contribution in [-0.4, -0.2) is 41.9 Å². The minimum absolute atomic E-state index is 0.0201. The van der Waals surface area contributed by atoms with Crippen LogP contribution in [0, 0.1) is 5.92 Å². The summed E-state index contributed by atoms with van der Waals surface area (Å²) in [6.45, 7) is 4.58. The number of rotatable bonds is 6. The Morgan fingerprint density at radius 3 is 2.81 bits per heavy atom. The van der Waals surface area contributed by atoms with E-state index in [1.54, 1.807) is 24.1 Å². The molecular weight excluding hydrogens is 390 g/mol. The van der Waals surface area contributed by atoms with E-state index < -0.39 is 0 Å². The number of aryl methyl sites for hydroxylation is 1. The van der Waals surface area contributed by atoms with E-state index in [4.69, 9.17) is 4.74 Å². The van der Waals surface area contributed by atoms with Gasteiger partial charge in [0.2, 0.25) is 5.91 Å². The zero-order chi connectivity index (χ0) is 22.0. The van der Waals surface area contributed by atoms with Crippen LogP contribution in [-0.2, 0) is 17.6 Å². The fourth-order valence-electron chi connectivity index (χ4n) is 4.35. The Morgan fingerprint density at radius 2 is 2.03 bits per heavy atom. The highest BCUT2D eigenvalue weighted by Gasteiger charge is 2.22. The Bertz CT molecular complexity index is 1120. The molecule has 0 fully saturated rings. The number of aromatic nitrogens is 1. The molecular formula is C25H29N3O3. The molecule has 6 nitrogen and oxygen atoms in total. The molecule has 0 saturated heterocycles. The normalized spacial score (nSPS) is 15.4. The van der Waals surface area contributed by atoms with Gasteiger partial charge >= 0.3 is 0 Å². The first-order chi connectivity index (χ1) is 15.0. The molecule has 3 aromatic rings. The number of fused-ring (bicyclic) bond motifs is 3. The molecule has 0 bridgehead atoms. The highest BCUT2D eigenvalue weighted by Crippen LogP contribution is 2.32. The molecule has 162 valence electrons. The van der Waals surface area contributed by atoms with Crippen LogP contribution in [0.2, 0.25) is 0 Å². The summed E-state index contributed by atoms with van der Waals surface area (Å²) >= 11 is 0. The lowest BCUT2D eigenvalue weighted by molar-refractivity contribution is -0.116. The van der Waals surface area contributed by atoms with Gasteiger partial charge in [0.05, 0.1) is 12.8 Å². The molecule has 0 spiro atoms. The van der Waals surface area contributed by atoms with E-state index in [1.807, 2.05) is 37.3 Å². The molecule has 2 amide bonds. The van der Waals surface area contributed by atoms with Gasteiger partial charge in [-0.15, -0.1) is 0 Å². The van der Waals surface area contributed by atoms with Gasteiger partial charge in [0.25, 0.3) is 5.91 Å². The predicted molar refractivity (Wildman–Crippen MR) is 123 cm³/mol. The van der Waals surface area contributed by atoms with E-state index in [0.29, 0.717) is 29.5 Å². The molecule has 1 aliphatic carbocycles. The number of hydrogen-bond donors (Lipinski definition) is 2. The number of nitrogens with zero attached hydrogens (tertiary/aromatic N) is 1. The number of amides is 2. The van der Waals surface area contributed by atoms with Gasteiger partial charge in [0.15, 0.2) is 0 Å². The Labute approximate surface area is 182 Å². The largest absolute Gasteiger partial charge is 0.495 e. The summed E-state index contributed by atoms with van der Waals surface area (Å²) in [5.41, 5.74) is 4.90. The van der Waals surface area contributed by atoms with Gasteiger partial charge in [0.1, 0.15) is 12.3 Å². The highest BCUT2D eigenvalue weighted by molar-refractivity contribution is 6.02. The minimum atomic E-state index is -0.256. The number of carbonyl (C=O) groups excluding carboxylic acids is 2. The number of nitrogens with one attached hydrogen (secondary N) is 2. The summed E-state index contributed by atoms with van der Waals surface area (Å²) in [6.07, 6.45) is 3.28. The predicted octanol–water partition coefficient (Wildman–Crippen LogP) is 4.40. The van der Waals surface area contributed by atoms with Crippen LogP contribution < -0.4 is 10.1 Å². The Morgan fingerprint density at radius 1 is 1.23 bits per heavy atom. The van der Waals surface area contributed by atoms with Gasteiger partial charge < -0.3 is 19.9 Å². The van der Waals surface area contributed by atoms with E-state index in [2.05, 4.69) is 17.2 Å². The lowest BCUT2D eigenvalue weighted by Crippen LogP contribution is -2.37. The number of H-pyrrole nitrogens is 1. The average molecular weight is 420 g/mol. The van der Waals surface area contributed by atoms with Crippen LogP contribution in [0.4, 0.5) is 5.69 Å². The lowest BCUT2D eigenvalue weighted by atomic mass is 9.87. The zero-order valence-electron chi connectivity index (χ0n) is 18.3. The van der Waals surface area contributed by atoms with Crippen molar-refractivity contribution in [1.82, 2.24) is 9.88 Å². The number of carbonyl (C=O) groups is 2. The second-order valence-electron chi connectivity index (χ2n) is 8.26. The third kappa shape index (κ3) is 4.29. The smallest absolute Gasteiger partial charge is 0.254 e. The molecule has 6 heteroatoms. The van der Waals surface area contributed by atoms with Crippen molar-refractivity contribution in [1.29, 1.82) is 0 Å². The molecule has 2 N–H and O–H groups in total. The van der Waals surface area contributed by atoms with Crippen LogP contribution in [0.25, 0.3) is 10.9 Å². The summed E-state index contributed by atoms with van der Waals surface area (Å²) < 4.78 is 5.28. The van der Waals surface area contributed by atoms with E-state index in [-0.39, 0.29) is 18.4 Å².